The van der Waals surface area contributed by atoms with Gasteiger partial charge >= 0.3 is 0 Å². The summed E-state index contributed by atoms with van der Waals surface area (Å²) < 4.78 is 1.87. The number of hydrogen-bond donors (Lipinski definition) is 1. The van der Waals surface area contributed by atoms with Crippen molar-refractivity contribution in [1.29, 1.82) is 0 Å². The molecule has 1 aromatic rings. The van der Waals surface area contributed by atoms with Crippen molar-refractivity contribution < 1.29 is 0 Å². The second-order valence-electron chi connectivity index (χ2n) is 4.63. The van der Waals surface area contributed by atoms with Gasteiger partial charge in [-0.3, -0.25) is 4.68 Å². The number of nitrogens with one attached hydrogen (secondary N) is 1. The zero-order chi connectivity index (χ0) is 10.7. The lowest BCUT2D eigenvalue weighted by Gasteiger charge is -2.10. The van der Waals surface area contributed by atoms with Gasteiger partial charge < -0.3 is 5.32 Å². The standard InChI is InChI=1S/C11H20N4/c1-9(5-6-12-10-3-4-10)7-11-13-8-14-15(11)2/h8-10,12H,3-7H2,1-2H3. The molecule has 1 unspecified atom stereocenters. The van der Waals surface area contributed by atoms with Crippen LogP contribution < -0.4 is 5.32 Å². The van der Waals surface area contributed by atoms with E-state index in [2.05, 4.69) is 22.3 Å². The van der Waals surface area contributed by atoms with Crippen molar-refractivity contribution in [2.45, 2.75) is 38.6 Å². The monoisotopic (exact) mass is 208 g/mol. The highest BCUT2D eigenvalue weighted by Crippen LogP contribution is 2.19. The van der Waals surface area contributed by atoms with E-state index in [-0.39, 0.29) is 0 Å². The Morgan fingerprint density at radius 3 is 3.00 bits per heavy atom. The Hall–Kier alpha value is -0.900. The molecule has 1 saturated carbocycles. The first-order valence-electron chi connectivity index (χ1n) is 5.82. The Kier molecular flexibility index (Phi) is 3.36. The lowest BCUT2D eigenvalue weighted by atomic mass is 10.0. The Morgan fingerprint density at radius 2 is 2.40 bits per heavy atom. The molecule has 1 aliphatic carbocycles. The van der Waals surface area contributed by atoms with E-state index in [9.17, 15) is 0 Å². The van der Waals surface area contributed by atoms with E-state index in [4.69, 9.17) is 0 Å². The lowest BCUT2D eigenvalue weighted by Crippen LogP contribution is -2.20. The molecule has 1 fully saturated rings. The molecule has 0 bridgehead atoms. The fourth-order valence-electron chi connectivity index (χ4n) is 1.74. The first-order chi connectivity index (χ1) is 7.25. The molecular formula is C11H20N4. The van der Waals surface area contributed by atoms with Crippen LogP contribution in [0.25, 0.3) is 0 Å². The van der Waals surface area contributed by atoms with E-state index in [0.29, 0.717) is 5.92 Å². The van der Waals surface area contributed by atoms with E-state index >= 15 is 0 Å². The first-order valence-corrected chi connectivity index (χ1v) is 5.82. The summed E-state index contributed by atoms with van der Waals surface area (Å²) in [5.74, 6) is 1.77. The van der Waals surface area contributed by atoms with E-state index < -0.39 is 0 Å². The van der Waals surface area contributed by atoms with Gasteiger partial charge in [0.05, 0.1) is 0 Å². The van der Waals surface area contributed by atoms with Crippen LogP contribution >= 0.6 is 0 Å². The fraction of sp³-hybridized carbons (Fsp3) is 0.818. The van der Waals surface area contributed by atoms with Gasteiger partial charge in [0.2, 0.25) is 0 Å². The van der Waals surface area contributed by atoms with E-state index in [0.717, 1.165) is 24.8 Å². The molecule has 1 aromatic heterocycles. The van der Waals surface area contributed by atoms with Gasteiger partial charge in [0.1, 0.15) is 12.2 Å². The van der Waals surface area contributed by atoms with Gasteiger partial charge in [-0.25, -0.2) is 4.98 Å². The van der Waals surface area contributed by atoms with Crippen LogP contribution in [0.5, 0.6) is 0 Å². The van der Waals surface area contributed by atoms with E-state index in [1.807, 2.05) is 11.7 Å². The zero-order valence-electron chi connectivity index (χ0n) is 9.61. The molecule has 2 rings (SSSR count). The Balaban J connectivity index is 1.67. The van der Waals surface area contributed by atoms with Gasteiger partial charge in [0, 0.05) is 19.5 Å². The zero-order valence-corrected chi connectivity index (χ0v) is 9.61. The Morgan fingerprint density at radius 1 is 1.60 bits per heavy atom. The van der Waals surface area contributed by atoms with Crippen LogP contribution in [-0.4, -0.2) is 27.4 Å². The maximum absolute atomic E-state index is 4.24. The van der Waals surface area contributed by atoms with Crippen LogP contribution in [0.15, 0.2) is 6.33 Å². The maximum Gasteiger partial charge on any atom is 0.138 e. The molecule has 0 aliphatic heterocycles. The third-order valence-electron chi connectivity index (χ3n) is 2.98. The van der Waals surface area contributed by atoms with Gasteiger partial charge in [-0.15, -0.1) is 0 Å². The van der Waals surface area contributed by atoms with Crippen molar-refractivity contribution >= 4 is 0 Å². The van der Waals surface area contributed by atoms with Gasteiger partial charge in [-0.2, -0.15) is 5.10 Å². The number of aromatic nitrogens is 3. The molecule has 1 N–H and O–H groups in total. The highest BCUT2D eigenvalue weighted by molar-refractivity contribution is 4.86. The van der Waals surface area contributed by atoms with Crippen molar-refractivity contribution in [1.82, 2.24) is 20.1 Å². The summed E-state index contributed by atoms with van der Waals surface area (Å²) in [5.41, 5.74) is 0. The van der Waals surface area contributed by atoms with Crippen LogP contribution in [0.3, 0.4) is 0 Å². The molecule has 1 heterocycles. The molecular weight excluding hydrogens is 188 g/mol. The largest absolute Gasteiger partial charge is 0.314 e. The van der Waals surface area contributed by atoms with Crippen LogP contribution in [0.2, 0.25) is 0 Å². The average Bonchev–Trinajstić information content (AvgIpc) is 2.93. The van der Waals surface area contributed by atoms with Crippen LogP contribution in [0.1, 0.15) is 32.0 Å². The summed E-state index contributed by atoms with van der Waals surface area (Å²) in [5, 5.41) is 7.62. The second kappa shape index (κ2) is 4.75. The van der Waals surface area contributed by atoms with Crippen molar-refractivity contribution in [3.8, 4) is 0 Å². The SMILES string of the molecule is CC(CCNC1CC1)Cc1ncnn1C. The molecule has 0 aromatic carbocycles. The van der Waals surface area contributed by atoms with Gasteiger partial charge in [0.25, 0.3) is 0 Å². The van der Waals surface area contributed by atoms with Gasteiger partial charge in [0.15, 0.2) is 0 Å². The molecule has 4 heteroatoms. The molecule has 4 nitrogen and oxygen atoms in total. The first kappa shape index (κ1) is 10.6. The third-order valence-corrected chi connectivity index (χ3v) is 2.98. The molecule has 0 saturated heterocycles. The molecule has 1 aliphatic rings. The highest BCUT2D eigenvalue weighted by Gasteiger charge is 2.20. The predicted octanol–water partition coefficient (Wildman–Crippen LogP) is 1.14. The molecule has 0 radical (unpaired) electrons. The normalized spacial score (nSPS) is 18.0. The summed E-state index contributed by atoms with van der Waals surface area (Å²) in [6.45, 7) is 3.42. The molecule has 1 atom stereocenters. The average molecular weight is 208 g/mol. The van der Waals surface area contributed by atoms with Crippen LogP contribution in [0, 0.1) is 5.92 Å². The number of hydrogen-bond acceptors (Lipinski definition) is 3. The topological polar surface area (TPSA) is 42.7 Å². The van der Waals surface area contributed by atoms with Crippen molar-refractivity contribution in [3.05, 3.63) is 12.2 Å². The summed E-state index contributed by atoms with van der Waals surface area (Å²) >= 11 is 0. The fourth-order valence-corrected chi connectivity index (χ4v) is 1.74. The molecule has 0 spiro atoms. The van der Waals surface area contributed by atoms with Crippen molar-refractivity contribution in [3.63, 3.8) is 0 Å². The minimum absolute atomic E-state index is 0.680. The minimum atomic E-state index is 0.680. The number of aryl methyl sites for hydroxylation is 1. The molecule has 84 valence electrons. The molecule has 15 heavy (non-hydrogen) atoms. The van der Waals surface area contributed by atoms with E-state index in [1.165, 1.54) is 19.3 Å². The quantitative estimate of drug-likeness (QED) is 0.762. The van der Waals surface area contributed by atoms with E-state index in [1.54, 1.807) is 6.33 Å². The van der Waals surface area contributed by atoms with Gasteiger partial charge in [-0.1, -0.05) is 6.92 Å². The smallest absolute Gasteiger partial charge is 0.138 e. The second-order valence-corrected chi connectivity index (χ2v) is 4.63. The van der Waals surface area contributed by atoms with Crippen molar-refractivity contribution in [2.75, 3.05) is 6.54 Å². The lowest BCUT2D eigenvalue weighted by molar-refractivity contribution is 0.478. The predicted molar refractivity (Wildman–Crippen MR) is 59.5 cm³/mol. The third kappa shape index (κ3) is 3.30. The Labute approximate surface area is 91.1 Å². The molecule has 0 amide bonds. The minimum Gasteiger partial charge on any atom is -0.314 e. The number of nitrogens with zero attached hydrogens (tertiary/aromatic N) is 3. The summed E-state index contributed by atoms with van der Waals surface area (Å²) in [7, 11) is 1.96. The Bertz CT molecular complexity index is 303. The maximum atomic E-state index is 4.24. The summed E-state index contributed by atoms with van der Waals surface area (Å²) in [6.07, 6.45) is 6.63. The van der Waals surface area contributed by atoms with Crippen molar-refractivity contribution in [2.24, 2.45) is 13.0 Å². The van der Waals surface area contributed by atoms with Crippen LogP contribution in [0.4, 0.5) is 0 Å². The number of rotatable bonds is 6. The van der Waals surface area contributed by atoms with Crippen LogP contribution in [-0.2, 0) is 13.5 Å². The summed E-state index contributed by atoms with van der Waals surface area (Å²) in [4.78, 5) is 4.24. The van der Waals surface area contributed by atoms with Gasteiger partial charge in [-0.05, 0) is 31.7 Å². The summed E-state index contributed by atoms with van der Waals surface area (Å²) in [6, 6.07) is 0.826. The highest BCUT2D eigenvalue weighted by atomic mass is 15.3.